The van der Waals surface area contributed by atoms with Crippen molar-refractivity contribution in [2.75, 3.05) is 12.3 Å². The lowest BCUT2D eigenvalue weighted by molar-refractivity contribution is -0.133. The number of fused-ring (bicyclic) bond motifs is 2. The Morgan fingerprint density at radius 2 is 2.00 bits per heavy atom. The third-order valence-electron chi connectivity index (χ3n) is 7.08. The fourth-order valence-electron chi connectivity index (χ4n) is 5.33. The zero-order valence-corrected chi connectivity index (χ0v) is 20.9. The van der Waals surface area contributed by atoms with Crippen LogP contribution in [0.4, 0.5) is 5.82 Å². The number of nitrogens with zero attached hydrogens (tertiary/aromatic N) is 7. The summed E-state index contributed by atoms with van der Waals surface area (Å²) in [4.78, 5) is 28.7. The number of nitrogen functional groups attached to an aromatic ring is 1. The Hall–Kier alpha value is -4.53. The number of aryl methyl sites for hydroxylation is 1. The highest BCUT2D eigenvalue weighted by Crippen LogP contribution is 2.38. The van der Waals surface area contributed by atoms with Gasteiger partial charge in [-0.05, 0) is 73.4 Å². The zero-order valence-electron chi connectivity index (χ0n) is 20.9. The van der Waals surface area contributed by atoms with Crippen molar-refractivity contribution in [1.82, 2.24) is 34.2 Å². The van der Waals surface area contributed by atoms with E-state index < -0.39 is 0 Å². The second-order valence-corrected chi connectivity index (χ2v) is 9.14. The zero-order chi connectivity index (χ0) is 25.5. The molecule has 4 aromatic heterocycles. The number of aromatic nitrogens is 6. The fourth-order valence-corrected chi connectivity index (χ4v) is 5.33. The molecular formula is C28H28N8O. The molecule has 0 saturated carbocycles. The van der Waals surface area contributed by atoms with E-state index in [-0.39, 0.29) is 11.9 Å². The molecule has 0 fully saturated rings. The topological polar surface area (TPSA) is 108 Å². The van der Waals surface area contributed by atoms with E-state index in [1.807, 2.05) is 59.8 Å². The average Bonchev–Trinajstić information content (AvgIpc) is 3.67. The summed E-state index contributed by atoms with van der Waals surface area (Å²) in [6.07, 6.45) is 7.61. The van der Waals surface area contributed by atoms with Gasteiger partial charge in [0.2, 0.25) is 5.91 Å². The van der Waals surface area contributed by atoms with Crippen molar-refractivity contribution in [2.24, 2.45) is 0 Å². The van der Waals surface area contributed by atoms with Gasteiger partial charge in [-0.15, -0.1) is 0 Å². The van der Waals surface area contributed by atoms with Crippen LogP contribution in [0.5, 0.6) is 0 Å². The van der Waals surface area contributed by atoms with Crippen molar-refractivity contribution in [3.63, 3.8) is 0 Å². The Labute approximate surface area is 214 Å². The van der Waals surface area contributed by atoms with Gasteiger partial charge in [0, 0.05) is 37.2 Å². The summed E-state index contributed by atoms with van der Waals surface area (Å²) >= 11 is 0. The van der Waals surface area contributed by atoms with Gasteiger partial charge in [-0.2, -0.15) is 5.10 Å². The molecule has 1 unspecified atom stereocenters. The van der Waals surface area contributed by atoms with Crippen molar-refractivity contribution in [3.8, 4) is 22.9 Å². The van der Waals surface area contributed by atoms with Gasteiger partial charge in [-0.3, -0.25) is 9.36 Å². The second kappa shape index (κ2) is 9.16. The quantitative estimate of drug-likeness (QED) is 0.374. The number of benzene rings is 1. The molecule has 0 aliphatic heterocycles. The van der Waals surface area contributed by atoms with Gasteiger partial charge in [-0.1, -0.05) is 13.0 Å². The summed E-state index contributed by atoms with van der Waals surface area (Å²) in [5.74, 6) is 1.97. The Morgan fingerprint density at radius 1 is 1.11 bits per heavy atom. The van der Waals surface area contributed by atoms with E-state index >= 15 is 0 Å². The third kappa shape index (κ3) is 3.83. The molecule has 1 atom stereocenters. The molecular weight excluding hydrogens is 464 g/mol. The maximum absolute atomic E-state index is 12.6. The minimum absolute atomic E-state index is 0.110. The van der Waals surface area contributed by atoms with Gasteiger partial charge in [0.15, 0.2) is 17.3 Å². The van der Waals surface area contributed by atoms with E-state index in [4.69, 9.17) is 15.7 Å². The molecule has 186 valence electrons. The predicted octanol–water partition coefficient (Wildman–Crippen LogP) is 4.50. The lowest BCUT2D eigenvalue weighted by Gasteiger charge is -2.28. The van der Waals surface area contributed by atoms with Crippen LogP contribution in [0.15, 0.2) is 67.1 Å². The lowest BCUT2D eigenvalue weighted by atomic mass is 10.1. The van der Waals surface area contributed by atoms with Crippen LogP contribution >= 0.6 is 0 Å². The first-order valence-corrected chi connectivity index (χ1v) is 12.6. The number of pyridine rings is 2. The number of amides is 1. The SMILES string of the molecule is CCC(=O)N(CC)C1CCc2cc(-n3c(-c4cccnc4N)nc4ccc(-n5cccn5)nc43)ccc21. The van der Waals surface area contributed by atoms with Crippen molar-refractivity contribution in [2.45, 2.75) is 39.2 Å². The van der Waals surface area contributed by atoms with Gasteiger partial charge in [-0.25, -0.2) is 19.6 Å². The molecule has 9 nitrogen and oxygen atoms in total. The van der Waals surface area contributed by atoms with E-state index in [0.29, 0.717) is 36.1 Å². The van der Waals surface area contributed by atoms with Crippen LogP contribution in [0.2, 0.25) is 0 Å². The summed E-state index contributed by atoms with van der Waals surface area (Å²) in [6.45, 7) is 4.67. The van der Waals surface area contributed by atoms with Gasteiger partial charge >= 0.3 is 0 Å². The highest BCUT2D eigenvalue weighted by atomic mass is 16.2. The highest BCUT2D eigenvalue weighted by molar-refractivity contribution is 5.83. The van der Waals surface area contributed by atoms with E-state index in [2.05, 4.69) is 28.3 Å². The maximum atomic E-state index is 12.6. The maximum Gasteiger partial charge on any atom is 0.222 e. The molecule has 2 N–H and O–H groups in total. The normalized spacial score (nSPS) is 14.7. The Kier molecular flexibility index (Phi) is 5.67. The number of carbonyl (C=O) groups is 1. The van der Waals surface area contributed by atoms with Crippen molar-refractivity contribution in [3.05, 3.63) is 78.2 Å². The van der Waals surface area contributed by atoms with Crippen LogP contribution in [-0.2, 0) is 11.2 Å². The molecule has 4 heterocycles. The van der Waals surface area contributed by atoms with Crippen LogP contribution in [0.25, 0.3) is 34.1 Å². The first-order valence-electron chi connectivity index (χ1n) is 12.6. The number of carbonyl (C=O) groups excluding carboxylic acids is 1. The van der Waals surface area contributed by atoms with Gasteiger partial charge in [0.25, 0.3) is 0 Å². The molecule has 37 heavy (non-hydrogen) atoms. The number of rotatable bonds is 6. The fraction of sp³-hybridized carbons (Fsp3) is 0.250. The van der Waals surface area contributed by atoms with Crippen molar-refractivity contribution < 1.29 is 4.79 Å². The van der Waals surface area contributed by atoms with Crippen LogP contribution in [0.3, 0.4) is 0 Å². The Bertz CT molecular complexity index is 1600. The van der Waals surface area contributed by atoms with Gasteiger partial charge < -0.3 is 10.6 Å². The summed E-state index contributed by atoms with van der Waals surface area (Å²) in [5.41, 5.74) is 11.9. The summed E-state index contributed by atoms with van der Waals surface area (Å²) in [6, 6.07) is 16.0. The molecule has 0 spiro atoms. The Balaban J connectivity index is 1.53. The number of anilines is 1. The van der Waals surface area contributed by atoms with Crippen molar-refractivity contribution in [1.29, 1.82) is 0 Å². The molecule has 0 bridgehead atoms. The standard InChI is InChI=1S/C28H28N8O/c1-3-25(37)34(4-2)23-12-8-18-17-19(9-10-20(18)23)36-27(21-7-5-14-30-26(21)29)32-22-11-13-24(33-28(22)36)35-16-6-15-31-35/h5-7,9-11,13-17,23H,3-4,8,12H2,1-2H3,(H2,29,30). The number of nitrogens with two attached hydrogens (primary N) is 1. The first-order chi connectivity index (χ1) is 18.1. The lowest BCUT2D eigenvalue weighted by Crippen LogP contribution is -2.33. The van der Waals surface area contributed by atoms with Gasteiger partial charge in [0.1, 0.15) is 11.3 Å². The molecule has 1 aliphatic carbocycles. The molecule has 1 amide bonds. The average molecular weight is 493 g/mol. The molecule has 9 heteroatoms. The minimum atomic E-state index is 0.110. The monoisotopic (exact) mass is 492 g/mol. The Morgan fingerprint density at radius 3 is 2.76 bits per heavy atom. The third-order valence-corrected chi connectivity index (χ3v) is 7.08. The van der Waals surface area contributed by atoms with E-state index in [9.17, 15) is 4.79 Å². The molecule has 1 aromatic carbocycles. The highest BCUT2D eigenvalue weighted by Gasteiger charge is 2.30. The van der Waals surface area contributed by atoms with Crippen LogP contribution in [0.1, 0.15) is 43.9 Å². The van der Waals surface area contributed by atoms with Crippen LogP contribution in [-0.4, -0.2) is 46.7 Å². The first kappa shape index (κ1) is 22.9. The molecule has 0 radical (unpaired) electrons. The number of hydrogen-bond acceptors (Lipinski definition) is 6. The number of hydrogen-bond donors (Lipinski definition) is 1. The molecule has 6 rings (SSSR count). The molecule has 0 saturated heterocycles. The number of imidazole rings is 1. The summed E-state index contributed by atoms with van der Waals surface area (Å²) < 4.78 is 3.77. The smallest absolute Gasteiger partial charge is 0.222 e. The largest absolute Gasteiger partial charge is 0.383 e. The predicted molar refractivity (Wildman–Crippen MR) is 142 cm³/mol. The van der Waals surface area contributed by atoms with Crippen molar-refractivity contribution >= 4 is 22.9 Å². The summed E-state index contributed by atoms with van der Waals surface area (Å²) in [7, 11) is 0. The minimum Gasteiger partial charge on any atom is -0.383 e. The van der Waals surface area contributed by atoms with Crippen LogP contribution < -0.4 is 5.73 Å². The molecule has 1 aliphatic rings. The van der Waals surface area contributed by atoms with E-state index in [0.717, 1.165) is 29.6 Å². The van der Waals surface area contributed by atoms with Gasteiger partial charge in [0.05, 0.1) is 11.6 Å². The summed E-state index contributed by atoms with van der Waals surface area (Å²) in [5, 5.41) is 4.34. The van der Waals surface area contributed by atoms with Crippen LogP contribution in [0, 0.1) is 0 Å². The van der Waals surface area contributed by atoms with E-state index in [1.54, 1.807) is 17.1 Å². The van der Waals surface area contributed by atoms with E-state index in [1.165, 1.54) is 11.1 Å². The molecule has 5 aromatic rings. The second-order valence-electron chi connectivity index (χ2n) is 9.14.